The molecule has 4 nitrogen and oxygen atoms in total. The molecule has 106 valence electrons. The molecule has 0 saturated carbocycles. The van der Waals surface area contributed by atoms with Crippen molar-refractivity contribution in [3.8, 4) is 0 Å². The van der Waals surface area contributed by atoms with Gasteiger partial charge in [0, 0.05) is 31.9 Å². The van der Waals surface area contributed by atoms with Gasteiger partial charge in [0.25, 0.3) is 0 Å². The summed E-state index contributed by atoms with van der Waals surface area (Å²) in [7, 11) is 0. The minimum Gasteiger partial charge on any atom is -0.380 e. The molecule has 0 aromatic carbocycles. The van der Waals surface area contributed by atoms with Crippen molar-refractivity contribution in [1.82, 2.24) is 10.3 Å². The predicted octanol–water partition coefficient (Wildman–Crippen LogP) is 2.37. The summed E-state index contributed by atoms with van der Waals surface area (Å²) >= 11 is 0. The second-order valence-corrected chi connectivity index (χ2v) is 5.08. The van der Waals surface area contributed by atoms with E-state index in [1.54, 1.807) is 0 Å². The van der Waals surface area contributed by atoms with Crippen molar-refractivity contribution in [2.75, 3.05) is 37.7 Å². The van der Waals surface area contributed by atoms with Gasteiger partial charge in [-0.2, -0.15) is 0 Å². The molecule has 0 amide bonds. The lowest BCUT2D eigenvalue weighted by Gasteiger charge is -2.21. The molecule has 4 heteroatoms. The molecule has 1 N–H and O–H groups in total. The number of anilines is 1. The van der Waals surface area contributed by atoms with E-state index in [0.29, 0.717) is 6.04 Å². The van der Waals surface area contributed by atoms with E-state index in [2.05, 4.69) is 41.2 Å². The summed E-state index contributed by atoms with van der Waals surface area (Å²) in [6.45, 7) is 9.07. The van der Waals surface area contributed by atoms with Gasteiger partial charge in [-0.15, -0.1) is 0 Å². The first kappa shape index (κ1) is 14.3. The highest BCUT2D eigenvalue weighted by atomic mass is 16.5. The van der Waals surface area contributed by atoms with Gasteiger partial charge < -0.3 is 15.0 Å². The van der Waals surface area contributed by atoms with Crippen molar-refractivity contribution in [2.24, 2.45) is 0 Å². The van der Waals surface area contributed by atoms with E-state index in [1.165, 1.54) is 5.56 Å². The molecule has 1 aromatic heterocycles. The third-order valence-corrected chi connectivity index (χ3v) is 3.52. The van der Waals surface area contributed by atoms with Crippen molar-refractivity contribution in [3.05, 3.63) is 23.9 Å². The molecule has 0 spiro atoms. The van der Waals surface area contributed by atoms with Crippen LogP contribution in [-0.4, -0.2) is 37.8 Å². The average molecular weight is 263 g/mol. The van der Waals surface area contributed by atoms with Crippen LogP contribution in [0.15, 0.2) is 18.3 Å². The van der Waals surface area contributed by atoms with Gasteiger partial charge in [0.15, 0.2) is 0 Å². The molecule has 1 aliphatic heterocycles. The SMILES string of the molecule is CCCNC(C)c1ccc(N2CCCOCC2)nc1. The highest BCUT2D eigenvalue weighted by Crippen LogP contribution is 2.17. The van der Waals surface area contributed by atoms with E-state index in [1.807, 2.05) is 6.20 Å². The zero-order valence-corrected chi connectivity index (χ0v) is 12.1. The summed E-state index contributed by atoms with van der Waals surface area (Å²) in [5.74, 6) is 1.07. The van der Waals surface area contributed by atoms with Crippen molar-refractivity contribution in [2.45, 2.75) is 32.7 Å². The maximum atomic E-state index is 5.47. The highest BCUT2D eigenvalue weighted by molar-refractivity contribution is 5.39. The fraction of sp³-hybridized carbons (Fsp3) is 0.667. The lowest BCUT2D eigenvalue weighted by molar-refractivity contribution is 0.152. The van der Waals surface area contributed by atoms with Crippen LogP contribution in [0.2, 0.25) is 0 Å². The Labute approximate surface area is 116 Å². The molecule has 1 saturated heterocycles. The van der Waals surface area contributed by atoms with Gasteiger partial charge >= 0.3 is 0 Å². The van der Waals surface area contributed by atoms with Crippen molar-refractivity contribution < 1.29 is 4.74 Å². The van der Waals surface area contributed by atoms with Crippen LogP contribution in [0.3, 0.4) is 0 Å². The molecule has 2 rings (SSSR count). The fourth-order valence-corrected chi connectivity index (χ4v) is 2.29. The number of hydrogen-bond donors (Lipinski definition) is 1. The van der Waals surface area contributed by atoms with Crippen molar-refractivity contribution in [3.63, 3.8) is 0 Å². The molecule has 1 atom stereocenters. The number of nitrogens with one attached hydrogen (secondary N) is 1. The molecule has 0 radical (unpaired) electrons. The van der Waals surface area contributed by atoms with Crippen molar-refractivity contribution >= 4 is 5.82 Å². The smallest absolute Gasteiger partial charge is 0.128 e. The average Bonchev–Trinajstić information content (AvgIpc) is 2.74. The summed E-state index contributed by atoms with van der Waals surface area (Å²) in [5, 5.41) is 3.48. The summed E-state index contributed by atoms with van der Waals surface area (Å²) in [4.78, 5) is 6.91. The Hall–Kier alpha value is -1.13. The second-order valence-electron chi connectivity index (χ2n) is 5.08. The highest BCUT2D eigenvalue weighted by Gasteiger charge is 2.12. The van der Waals surface area contributed by atoms with Gasteiger partial charge in [0.05, 0.1) is 6.61 Å². The Kier molecular flexibility index (Phi) is 5.61. The molecule has 19 heavy (non-hydrogen) atoms. The van der Waals surface area contributed by atoms with E-state index in [4.69, 9.17) is 4.74 Å². The van der Waals surface area contributed by atoms with Crippen LogP contribution in [0.1, 0.15) is 38.3 Å². The maximum absolute atomic E-state index is 5.47. The molecule has 1 aliphatic rings. The van der Waals surface area contributed by atoms with Gasteiger partial charge in [-0.3, -0.25) is 0 Å². The van der Waals surface area contributed by atoms with Crippen LogP contribution >= 0.6 is 0 Å². The first-order valence-corrected chi connectivity index (χ1v) is 7.33. The largest absolute Gasteiger partial charge is 0.380 e. The number of aromatic nitrogens is 1. The lowest BCUT2D eigenvalue weighted by Crippen LogP contribution is -2.27. The molecule has 0 bridgehead atoms. The number of nitrogens with zero attached hydrogens (tertiary/aromatic N) is 2. The van der Waals surface area contributed by atoms with Gasteiger partial charge in [-0.1, -0.05) is 13.0 Å². The van der Waals surface area contributed by atoms with Gasteiger partial charge in [-0.25, -0.2) is 4.98 Å². The Morgan fingerprint density at radius 3 is 3.00 bits per heavy atom. The molecular weight excluding hydrogens is 238 g/mol. The van der Waals surface area contributed by atoms with Gasteiger partial charge in [0.1, 0.15) is 5.82 Å². The summed E-state index contributed by atoms with van der Waals surface area (Å²) in [6, 6.07) is 4.68. The van der Waals surface area contributed by atoms with E-state index in [-0.39, 0.29) is 0 Å². The van der Waals surface area contributed by atoms with Crippen LogP contribution < -0.4 is 10.2 Å². The third-order valence-electron chi connectivity index (χ3n) is 3.52. The zero-order chi connectivity index (χ0) is 13.5. The zero-order valence-electron chi connectivity index (χ0n) is 12.1. The first-order chi connectivity index (χ1) is 9.31. The van der Waals surface area contributed by atoms with Crippen molar-refractivity contribution in [1.29, 1.82) is 0 Å². The number of ether oxygens (including phenoxy) is 1. The lowest BCUT2D eigenvalue weighted by atomic mass is 10.1. The normalized spacial score (nSPS) is 18.1. The molecule has 1 fully saturated rings. The summed E-state index contributed by atoms with van der Waals surface area (Å²) < 4.78 is 5.47. The minimum atomic E-state index is 0.369. The number of rotatable bonds is 5. The monoisotopic (exact) mass is 263 g/mol. The number of hydrogen-bond acceptors (Lipinski definition) is 4. The Bertz CT molecular complexity index is 358. The molecular formula is C15H25N3O. The van der Waals surface area contributed by atoms with Crippen LogP contribution in [0, 0.1) is 0 Å². The topological polar surface area (TPSA) is 37.4 Å². The maximum Gasteiger partial charge on any atom is 0.128 e. The molecule has 1 unspecified atom stereocenters. The second kappa shape index (κ2) is 7.46. The quantitative estimate of drug-likeness (QED) is 0.885. The predicted molar refractivity (Wildman–Crippen MR) is 78.6 cm³/mol. The van der Waals surface area contributed by atoms with Gasteiger partial charge in [-0.05, 0) is 37.9 Å². The Balaban J connectivity index is 1.96. The van der Waals surface area contributed by atoms with Crippen LogP contribution in [0.5, 0.6) is 0 Å². The van der Waals surface area contributed by atoms with E-state index >= 15 is 0 Å². The van der Waals surface area contributed by atoms with Crippen LogP contribution in [0.25, 0.3) is 0 Å². The summed E-state index contributed by atoms with van der Waals surface area (Å²) in [6.07, 6.45) is 4.23. The van der Waals surface area contributed by atoms with Crippen LogP contribution in [0.4, 0.5) is 5.82 Å². The summed E-state index contributed by atoms with van der Waals surface area (Å²) in [5.41, 5.74) is 1.25. The number of pyridine rings is 1. The molecule has 1 aromatic rings. The standard InChI is InChI=1S/C15H25N3O/c1-3-7-16-13(2)14-5-6-15(17-12-14)18-8-4-10-19-11-9-18/h5-6,12-13,16H,3-4,7-11H2,1-2H3. The van der Waals surface area contributed by atoms with Crippen LogP contribution in [-0.2, 0) is 4.74 Å². The van der Waals surface area contributed by atoms with Gasteiger partial charge in [0.2, 0.25) is 0 Å². The van der Waals surface area contributed by atoms with E-state index in [0.717, 1.165) is 51.5 Å². The minimum absolute atomic E-state index is 0.369. The third kappa shape index (κ3) is 4.18. The van der Waals surface area contributed by atoms with E-state index in [9.17, 15) is 0 Å². The van der Waals surface area contributed by atoms with E-state index < -0.39 is 0 Å². The Morgan fingerprint density at radius 2 is 2.26 bits per heavy atom. The fourth-order valence-electron chi connectivity index (χ4n) is 2.29. The Morgan fingerprint density at radius 1 is 1.37 bits per heavy atom. The first-order valence-electron chi connectivity index (χ1n) is 7.33. The molecule has 2 heterocycles. The molecule has 0 aliphatic carbocycles.